The molecule has 2 fully saturated rings. The summed E-state index contributed by atoms with van der Waals surface area (Å²) in [6, 6.07) is 0. The van der Waals surface area contributed by atoms with E-state index in [9.17, 15) is 4.79 Å². The van der Waals surface area contributed by atoms with Gasteiger partial charge in [0.25, 0.3) is 0 Å². The van der Waals surface area contributed by atoms with Gasteiger partial charge in [-0.2, -0.15) is 0 Å². The van der Waals surface area contributed by atoms with E-state index in [4.69, 9.17) is 9.84 Å². The molecule has 0 aliphatic heterocycles. The maximum atomic E-state index is 10.8. The molecule has 0 atom stereocenters. The van der Waals surface area contributed by atoms with Gasteiger partial charge in [0.2, 0.25) is 0 Å². The number of aliphatic carboxylic acids is 1. The maximum Gasteiger partial charge on any atom is 0.333 e. The molecule has 0 unspecified atom stereocenters. The molecule has 0 saturated heterocycles. The zero-order chi connectivity index (χ0) is 13.0. The molecule has 3 heteroatoms. The highest BCUT2D eigenvalue weighted by molar-refractivity contribution is 5.85. The highest BCUT2D eigenvalue weighted by Gasteiger charge is 2.34. The molecular formula is C15H24O3. The molecule has 0 amide bonds. The van der Waals surface area contributed by atoms with Crippen LogP contribution >= 0.6 is 0 Å². The van der Waals surface area contributed by atoms with Gasteiger partial charge in [-0.3, -0.25) is 0 Å². The van der Waals surface area contributed by atoms with Crippen LogP contribution in [0.4, 0.5) is 0 Å². The number of ether oxygens (including phenoxy) is 1. The van der Waals surface area contributed by atoms with Gasteiger partial charge in [-0.15, -0.1) is 0 Å². The summed E-state index contributed by atoms with van der Waals surface area (Å²) in [5, 5.41) is 8.85. The molecule has 0 aromatic heterocycles. The molecule has 0 heterocycles. The Morgan fingerprint density at radius 1 is 1.11 bits per heavy atom. The SMILES string of the molecule is C=C(COC(C1CCCC1)C1CCCC1)C(=O)O. The van der Waals surface area contributed by atoms with Crippen molar-refractivity contribution in [3.8, 4) is 0 Å². The normalized spacial score (nSPS) is 21.8. The number of hydrogen-bond acceptors (Lipinski definition) is 2. The van der Waals surface area contributed by atoms with Gasteiger partial charge in [0.05, 0.1) is 18.3 Å². The van der Waals surface area contributed by atoms with Crippen LogP contribution in [-0.2, 0) is 9.53 Å². The van der Waals surface area contributed by atoms with Gasteiger partial charge in [0.1, 0.15) is 0 Å². The van der Waals surface area contributed by atoms with E-state index in [0.29, 0.717) is 11.8 Å². The Labute approximate surface area is 109 Å². The van der Waals surface area contributed by atoms with Crippen LogP contribution in [0.3, 0.4) is 0 Å². The molecule has 2 aliphatic rings. The molecule has 0 aromatic carbocycles. The zero-order valence-electron chi connectivity index (χ0n) is 11.1. The average molecular weight is 252 g/mol. The van der Waals surface area contributed by atoms with Gasteiger partial charge in [0, 0.05) is 0 Å². The largest absolute Gasteiger partial charge is 0.478 e. The summed E-state index contributed by atoms with van der Waals surface area (Å²) in [6.45, 7) is 3.74. The molecule has 0 aromatic rings. The summed E-state index contributed by atoms with van der Waals surface area (Å²) in [6.07, 6.45) is 10.5. The van der Waals surface area contributed by atoms with E-state index < -0.39 is 5.97 Å². The average Bonchev–Trinajstić information content (AvgIpc) is 3.01. The van der Waals surface area contributed by atoms with Gasteiger partial charge >= 0.3 is 5.97 Å². The Kier molecular flexibility index (Phi) is 4.81. The minimum atomic E-state index is -0.938. The lowest BCUT2D eigenvalue weighted by molar-refractivity contribution is -0.133. The summed E-state index contributed by atoms with van der Waals surface area (Å²) >= 11 is 0. The van der Waals surface area contributed by atoms with Gasteiger partial charge in [-0.25, -0.2) is 4.79 Å². The van der Waals surface area contributed by atoms with Crippen LogP contribution in [0.25, 0.3) is 0 Å². The minimum Gasteiger partial charge on any atom is -0.478 e. The lowest BCUT2D eigenvalue weighted by atomic mass is 9.88. The summed E-state index contributed by atoms with van der Waals surface area (Å²) < 4.78 is 5.95. The van der Waals surface area contributed by atoms with E-state index in [1.165, 1.54) is 51.4 Å². The van der Waals surface area contributed by atoms with Crippen molar-refractivity contribution in [2.45, 2.75) is 57.5 Å². The number of hydrogen-bond donors (Lipinski definition) is 1. The summed E-state index contributed by atoms with van der Waals surface area (Å²) in [4.78, 5) is 10.8. The molecule has 0 radical (unpaired) electrons. The standard InChI is InChI=1S/C15H24O3/c1-11(15(16)17)10-18-14(12-6-2-3-7-12)13-8-4-5-9-13/h12-14H,1-10H2,(H,16,17). The van der Waals surface area contributed by atoms with Gasteiger partial charge in [-0.1, -0.05) is 32.3 Å². The lowest BCUT2D eigenvalue weighted by Gasteiger charge is -2.29. The van der Waals surface area contributed by atoms with Crippen LogP contribution in [0.1, 0.15) is 51.4 Å². The van der Waals surface area contributed by atoms with Gasteiger partial charge < -0.3 is 9.84 Å². The third-order valence-corrected chi connectivity index (χ3v) is 4.48. The molecule has 0 spiro atoms. The van der Waals surface area contributed by atoms with E-state index in [1.54, 1.807) is 0 Å². The van der Waals surface area contributed by atoms with E-state index in [-0.39, 0.29) is 18.3 Å². The predicted octanol–water partition coefficient (Wildman–Crippen LogP) is 3.39. The van der Waals surface area contributed by atoms with Crippen LogP contribution in [-0.4, -0.2) is 23.8 Å². The smallest absolute Gasteiger partial charge is 0.333 e. The lowest BCUT2D eigenvalue weighted by Crippen LogP contribution is -2.30. The first kappa shape index (κ1) is 13.6. The van der Waals surface area contributed by atoms with Crippen molar-refractivity contribution in [1.29, 1.82) is 0 Å². The second kappa shape index (κ2) is 6.37. The summed E-state index contributed by atoms with van der Waals surface area (Å²) in [5.41, 5.74) is 0.177. The van der Waals surface area contributed by atoms with Crippen LogP contribution < -0.4 is 0 Å². The Morgan fingerprint density at radius 2 is 1.56 bits per heavy atom. The monoisotopic (exact) mass is 252 g/mol. The quantitative estimate of drug-likeness (QED) is 0.737. The molecule has 1 N–H and O–H groups in total. The molecule has 2 aliphatic carbocycles. The van der Waals surface area contributed by atoms with Crippen LogP contribution in [0.5, 0.6) is 0 Å². The first-order valence-electron chi connectivity index (χ1n) is 7.21. The number of carbonyl (C=O) groups is 1. The number of carboxylic acids is 1. The number of rotatable bonds is 6. The van der Waals surface area contributed by atoms with E-state index in [1.807, 2.05) is 0 Å². The van der Waals surface area contributed by atoms with Crippen LogP contribution in [0.15, 0.2) is 12.2 Å². The Balaban J connectivity index is 1.91. The van der Waals surface area contributed by atoms with Crippen LogP contribution in [0, 0.1) is 11.8 Å². The van der Waals surface area contributed by atoms with Crippen molar-refractivity contribution in [1.82, 2.24) is 0 Å². The van der Waals surface area contributed by atoms with Gasteiger partial charge in [0.15, 0.2) is 0 Å². The highest BCUT2D eigenvalue weighted by Crippen LogP contribution is 2.39. The number of carboxylic acid groups (broad SMARTS) is 1. The Bertz CT molecular complexity index is 283. The molecule has 102 valence electrons. The molecule has 2 saturated carbocycles. The van der Waals surface area contributed by atoms with E-state index in [2.05, 4.69) is 6.58 Å². The van der Waals surface area contributed by atoms with Crippen molar-refractivity contribution in [3.63, 3.8) is 0 Å². The highest BCUT2D eigenvalue weighted by atomic mass is 16.5. The maximum absolute atomic E-state index is 10.8. The second-order valence-electron chi connectivity index (χ2n) is 5.77. The predicted molar refractivity (Wildman–Crippen MR) is 70.4 cm³/mol. The minimum absolute atomic E-state index is 0.177. The van der Waals surface area contributed by atoms with Crippen molar-refractivity contribution < 1.29 is 14.6 Å². The van der Waals surface area contributed by atoms with Gasteiger partial charge in [-0.05, 0) is 37.5 Å². The van der Waals surface area contributed by atoms with E-state index in [0.717, 1.165) is 0 Å². The van der Waals surface area contributed by atoms with Crippen molar-refractivity contribution >= 4 is 5.97 Å². The molecule has 0 bridgehead atoms. The first-order chi connectivity index (χ1) is 8.68. The molecular weight excluding hydrogens is 228 g/mol. The third kappa shape index (κ3) is 3.35. The van der Waals surface area contributed by atoms with Crippen LogP contribution in [0.2, 0.25) is 0 Å². The fourth-order valence-corrected chi connectivity index (χ4v) is 3.49. The van der Waals surface area contributed by atoms with Crippen molar-refractivity contribution in [2.75, 3.05) is 6.61 Å². The van der Waals surface area contributed by atoms with Crippen molar-refractivity contribution in [2.24, 2.45) is 11.8 Å². The zero-order valence-corrected chi connectivity index (χ0v) is 11.1. The summed E-state index contributed by atoms with van der Waals surface area (Å²) in [5.74, 6) is 0.357. The Morgan fingerprint density at radius 3 is 1.94 bits per heavy atom. The molecule has 2 rings (SSSR count). The molecule has 3 nitrogen and oxygen atoms in total. The Hall–Kier alpha value is -0.830. The first-order valence-corrected chi connectivity index (χ1v) is 7.21. The van der Waals surface area contributed by atoms with E-state index >= 15 is 0 Å². The topological polar surface area (TPSA) is 46.5 Å². The second-order valence-corrected chi connectivity index (χ2v) is 5.77. The van der Waals surface area contributed by atoms with Crippen molar-refractivity contribution in [3.05, 3.63) is 12.2 Å². The third-order valence-electron chi connectivity index (χ3n) is 4.48. The molecule has 18 heavy (non-hydrogen) atoms. The fourth-order valence-electron chi connectivity index (χ4n) is 3.49. The summed E-state index contributed by atoms with van der Waals surface area (Å²) in [7, 11) is 0. The fraction of sp³-hybridized carbons (Fsp3) is 0.800.